The van der Waals surface area contributed by atoms with Crippen LogP contribution in [0.1, 0.15) is 39.2 Å². The van der Waals surface area contributed by atoms with E-state index in [-0.39, 0.29) is 29.7 Å². The summed E-state index contributed by atoms with van der Waals surface area (Å²) >= 11 is 0. The van der Waals surface area contributed by atoms with Crippen molar-refractivity contribution < 1.29 is 14.3 Å². The lowest BCUT2D eigenvalue weighted by Gasteiger charge is -2.30. The number of carbonyl (C=O) groups excluding carboxylic acids is 2. The van der Waals surface area contributed by atoms with Crippen molar-refractivity contribution in [3.8, 4) is 5.75 Å². The quantitative estimate of drug-likeness (QED) is 0.854. The molecule has 1 aromatic rings. The van der Waals surface area contributed by atoms with Crippen LogP contribution >= 0.6 is 0 Å². The molecule has 1 aromatic carbocycles. The van der Waals surface area contributed by atoms with Crippen molar-refractivity contribution in [3.05, 3.63) is 23.8 Å². The van der Waals surface area contributed by atoms with Gasteiger partial charge in [-0.25, -0.2) is 0 Å². The minimum atomic E-state index is -0.287. The molecule has 25 heavy (non-hydrogen) atoms. The number of carbonyl (C=O) groups is 2. The molecule has 1 heterocycles. The van der Waals surface area contributed by atoms with E-state index < -0.39 is 0 Å². The number of amides is 2. The number of hydrogen-bond acceptors (Lipinski definition) is 4. The Balaban J connectivity index is 2.05. The molecular formula is C19H29N3O3. The lowest BCUT2D eigenvalue weighted by Crippen LogP contribution is -2.44. The first-order chi connectivity index (χ1) is 11.7. The number of primary amides is 1. The highest BCUT2D eigenvalue weighted by atomic mass is 16.5. The van der Waals surface area contributed by atoms with Gasteiger partial charge in [-0.05, 0) is 42.5 Å². The second-order valence-electron chi connectivity index (χ2n) is 7.69. The summed E-state index contributed by atoms with van der Waals surface area (Å²) in [6.45, 7) is 7.96. The van der Waals surface area contributed by atoms with Crippen LogP contribution in [0.15, 0.2) is 18.2 Å². The van der Waals surface area contributed by atoms with Gasteiger partial charge in [0.05, 0.1) is 25.3 Å². The summed E-state index contributed by atoms with van der Waals surface area (Å²) in [5.74, 6) is 0.0643. The van der Waals surface area contributed by atoms with E-state index in [1.165, 1.54) is 0 Å². The third-order valence-corrected chi connectivity index (χ3v) is 4.61. The average Bonchev–Trinajstić information content (AvgIpc) is 2.54. The Hall–Kier alpha value is -2.08. The predicted molar refractivity (Wildman–Crippen MR) is 98.7 cm³/mol. The highest BCUT2D eigenvalue weighted by Gasteiger charge is 2.25. The lowest BCUT2D eigenvalue weighted by atomic mass is 9.87. The normalized spacial score (nSPS) is 18.6. The van der Waals surface area contributed by atoms with Crippen LogP contribution in [0.4, 0.5) is 5.69 Å². The molecule has 2 rings (SSSR count). The zero-order valence-corrected chi connectivity index (χ0v) is 15.6. The number of methoxy groups -OCH3 is 1. The van der Waals surface area contributed by atoms with Gasteiger partial charge in [-0.3, -0.25) is 14.5 Å². The number of benzene rings is 1. The molecular weight excluding hydrogens is 318 g/mol. The third-order valence-electron chi connectivity index (χ3n) is 4.61. The average molecular weight is 347 g/mol. The Morgan fingerprint density at radius 2 is 2.08 bits per heavy atom. The summed E-state index contributed by atoms with van der Waals surface area (Å²) in [6.07, 6.45) is 1.68. The maximum Gasteiger partial charge on any atom is 0.238 e. The van der Waals surface area contributed by atoms with Crippen molar-refractivity contribution in [1.82, 2.24) is 4.90 Å². The first-order valence-corrected chi connectivity index (χ1v) is 8.70. The molecule has 0 radical (unpaired) electrons. The minimum absolute atomic E-state index is 0.0205. The number of nitrogens with zero attached hydrogens (tertiary/aromatic N) is 1. The highest BCUT2D eigenvalue weighted by molar-refractivity contribution is 5.94. The molecule has 1 atom stereocenters. The minimum Gasteiger partial charge on any atom is -0.495 e. The molecule has 2 amide bonds. The van der Waals surface area contributed by atoms with Crippen molar-refractivity contribution in [2.45, 2.75) is 39.0 Å². The zero-order chi connectivity index (χ0) is 18.6. The molecule has 0 saturated carbocycles. The molecule has 1 aliphatic rings. The maximum atomic E-state index is 12.5. The van der Waals surface area contributed by atoms with Gasteiger partial charge in [0.25, 0.3) is 0 Å². The molecule has 0 aromatic heterocycles. The number of anilines is 1. The van der Waals surface area contributed by atoms with E-state index >= 15 is 0 Å². The van der Waals surface area contributed by atoms with Gasteiger partial charge >= 0.3 is 0 Å². The number of rotatable bonds is 5. The Labute approximate surface area is 149 Å². The Morgan fingerprint density at radius 1 is 1.36 bits per heavy atom. The highest BCUT2D eigenvalue weighted by Crippen LogP contribution is 2.31. The van der Waals surface area contributed by atoms with Gasteiger partial charge in [0.1, 0.15) is 5.75 Å². The van der Waals surface area contributed by atoms with Gasteiger partial charge in [0.2, 0.25) is 11.8 Å². The summed E-state index contributed by atoms with van der Waals surface area (Å²) in [5, 5.41) is 2.94. The molecule has 0 spiro atoms. The number of nitrogens with one attached hydrogen (secondary N) is 1. The number of hydrogen-bond donors (Lipinski definition) is 2. The summed E-state index contributed by atoms with van der Waals surface area (Å²) in [5.41, 5.74) is 7.17. The SMILES string of the molecule is COc1ccc(C(C)(C)C)cc1NC(=O)CN1CCC[C@@H](C(N)=O)C1. The fraction of sp³-hybridized carbons (Fsp3) is 0.579. The van der Waals surface area contributed by atoms with E-state index in [1.807, 2.05) is 23.1 Å². The Bertz CT molecular complexity index is 637. The topological polar surface area (TPSA) is 84.7 Å². The van der Waals surface area contributed by atoms with Crippen molar-refractivity contribution in [2.75, 3.05) is 32.1 Å². The van der Waals surface area contributed by atoms with Gasteiger partial charge in [0.15, 0.2) is 0 Å². The lowest BCUT2D eigenvalue weighted by molar-refractivity contribution is -0.125. The largest absolute Gasteiger partial charge is 0.495 e. The summed E-state index contributed by atoms with van der Waals surface area (Å²) < 4.78 is 5.36. The first-order valence-electron chi connectivity index (χ1n) is 8.70. The summed E-state index contributed by atoms with van der Waals surface area (Å²) in [6, 6.07) is 5.84. The fourth-order valence-corrected chi connectivity index (χ4v) is 3.10. The van der Waals surface area contributed by atoms with E-state index in [2.05, 4.69) is 26.1 Å². The van der Waals surface area contributed by atoms with Gasteiger partial charge in [-0.1, -0.05) is 26.8 Å². The van der Waals surface area contributed by atoms with Crippen LogP contribution in [0.5, 0.6) is 5.75 Å². The molecule has 1 aliphatic heterocycles. The molecule has 6 heteroatoms. The molecule has 0 bridgehead atoms. The number of ether oxygens (including phenoxy) is 1. The molecule has 6 nitrogen and oxygen atoms in total. The van der Waals surface area contributed by atoms with Gasteiger partial charge in [-0.2, -0.15) is 0 Å². The van der Waals surface area contributed by atoms with Gasteiger partial charge in [0, 0.05) is 6.54 Å². The van der Waals surface area contributed by atoms with Crippen molar-refractivity contribution >= 4 is 17.5 Å². The van der Waals surface area contributed by atoms with Crippen LogP contribution in [0.3, 0.4) is 0 Å². The van der Waals surface area contributed by atoms with Gasteiger partial charge in [-0.15, -0.1) is 0 Å². The number of likely N-dealkylation sites (tertiary alicyclic amines) is 1. The van der Waals surface area contributed by atoms with Gasteiger partial charge < -0.3 is 15.8 Å². The van der Waals surface area contributed by atoms with E-state index in [0.717, 1.165) is 24.9 Å². The summed E-state index contributed by atoms with van der Waals surface area (Å²) in [4.78, 5) is 25.8. The van der Waals surface area contributed by atoms with Crippen LogP contribution < -0.4 is 15.8 Å². The van der Waals surface area contributed by atoms with Crippen LogP contribution in [0, 0.1) is 5.92 Å². The molecule has 3 N–H and O–H groups in total. The standard InChI is InChI=1S/C19H29N3O3/c1-19(2,3)14-7-8-16(25-4)15(10-14)21-17(23)12-22-9-5-6-13(11-22)18(20)24/h7-8,10,13H,5-6,9,11-12H2,1-4H3,(H2,20,24)(H,21,23)/t13-/m1/s1. The molecule has 138 valence electrons. The second kappa shape index (κ2) is 7.87. The van der Waals surface area contributed by atoms with Crippen LogP contribution in [0.25, 0.3) is 0 Å². The van der Waals surface area contributed by atoms with Crippen LogP contribution in [-0.2, 0) is 15.0 Å². The second-order valence-corrected chi connectivity index (χ2v) is 7.69. The fourth-order valence-electron chi connectivity index (χ4n) is 3.10. The molecule has 1 saturated heterocycles. The Morgan fingerprint density at radius 3 is 2.68 bits per heavy atom. The van der Waals surface area contributed by atoms with Crippen molar-refractivity contribution in [3.63, 3.8) is 0 Å². The van der Waals surface area contributed by atoms with E-state index in [9.17, 15) is 9.59 Å². The van der Waals surface area contributed by atoms with E-state index in [4.69, 9.17) is 10.5 Å². The number of piperidine rings is 1. The first kappa shape index (κ1) is 19.2. The Kier molecular flexibility index (Phi) is 6.06. The zero-order valence-electron chi connectivity index (χ0n) is 15.6. The van der Waals surface area contributed by atoms with Crippen molar-refractivity contribution in [2.24, 2.45) is 11.7 Å². The van der Waals surface area contributed by atoms with Crippen LogP contribution in [0.2, 0.25) is 0 Å². The monoisotopic (exact) mass is 347 g/mol. The molecule has 0 unspecified atom stereocenters. The van der Waals surface area contributed by atoms with E-state index in [1.54, 1.807) is 7.11 Å². The van der Waals surface area contributed by atoms with Crippen molar-refractivity contribution in [1.29, 1.82) is 0 Å². The van der Waals surface area contributed by atoms with Crippen LogP contribution in [-0.4, -0.2) is 43.5 Å². The predicted octanol–water partition coefficient (Wildman–Crippen LogP) is 2.13. The third kappa shape index (κ3) is 5.19. The maximum absolute atomic E-state index is 12.5. The molecule has 0 aliphatic carbocycles. The molecule has 1 fully saturated rings. The smallest absolute Gasteiger partial charge is 0.238 e. The van der Waals surface area contributed by atoms with E-state index in [0.29, 0.717) is 18.0 Å². The number of nitrogens with two attached hydrogens (primary N) is 1. The summed E-state index contributed by atoms with van der Waals surface area (Å²) in [7, 11) is 1.59.